The Morgan fingerprint density at radius 3 is 2.68 bits per heavy atom. The molecule has 0 saturated carbocycles. The maximum absolute atomic E-state index is 13.0. The van der Waals surface area contributed by atoms with Gasteiger partial charge in [0.05, 0.1) is 24.8 Å². The Balaban J connectivity index is 0.00000300. The molecule has 0 unspecified atom stereocenters. The lowest BCUT2D eigenvalue weighted by molar-refractivity contribution is 0.0680. The zero-order valence-electron chi connectivity index (χ0n) is 15.5. The van der Waals surface area contributed by atoms with Crippen LogP contribution in [-0.4, -0.2) is 48.1 Å². The van der Waals surface area contributed by atoms with Gasteiger partial charge in [-0.3, -0.25) is 10.7 Å². The van der Waals surface area contributed by atoms with E-state index in [-0.39, 0.29) is 27.8 Å². The van der Waals surface area contributed by atoms with E-state index < -0.39 is 6.03 Å². The number of hydrogen-bond acceptors (Lipinski definition) is 5. The third-order valence-electron chi connectivity index (χ3n) is 4.48. The Kier molecular flexibility index (Phi) is 6.05. The molecule has 1 atom stereocenters. The molecule has 9 heteroatoms. The third kappa shape index (κ3) is 4.74. The molecule has 0 aliphatic carbocycles. The molecule has 1 aliphatic rings. The van der Waals surface area contributed by atoms with E-state index in [4.69, 9.17) is 15.9 Å². The SMILES string of the molecule is C[C@@H](NC(=O)Nc1cc(N)c(C(=N)N2CCOCC2)cn1)c1ccc(F)cc1.[HH].[HH].[HH]. The zero-order chi connectivity index (χ0) is 20.1. The summed E-state index contributed by atoms with van der Waals surface area (Å²) in [5, 5.41) is 13.7. The predicted molar refractivity (Wildman–Crippen MR) is 111 cm³/mol. The Bertz CT molecular complexity index is 866. The van der Waals surface area contributed by atoms with E-state index in [0.29, 0.717) is 37.6 Å². The number of ether oxygens (including phenoxy) is 1. The van der Waals surface area contributed by atoms with Crippen molar-refractivity contribution in [2.45, 2.75) is 13.0 Å². The second kappa shape index (κ2) is 8.66. The van der Waals surface area contributed by atoms with Gasteiger partial charge < -0.3 is 20.7 Å². The number of nitrogen functional groups attached to an aromatic ring is 1. The van der Waals surface area contributed by atoms with Gasteiger partial charge in [-0.25, -0.2) is 14.2 Å². The number of aromatic nitrogens is 1. The van der Waals surface area contributed by atoms with Crippen LogP contribution in [0.4, 0.5) is 20.7 Å². The standard InChI is InChI=1S/C19H23FN6O2.3H2/c1-12(13-2-4-14(20)5-3-13)24-19(27)25-17-10-16(21)15(11-23-17)18(22)26-6-8-28-9-7-26;;;/h2-5,10-12,22H,6-9H2,1H3,(H4,21,23,24,25,27);3*1H/t12-;;;/m1.../s1. The molecule has 0 spiro atoms. The van der Waals surface area contributed by atoms with E-state index in [1.54, 1.807) is 19.1 Å². The van der Waals surface area contributed by atoms with Crippen LogP contribution in [0.15, 0.2) is 36.5 Å². The number of amidine groups is 1. The number of carbonyl (C=O) groups is 1. The van der Waals surface area contributed by atoms with Gasteiger partial charge >= 0.3 is 6.03 Å². The minimum atomic E-state index is -0.459. The zero-order valence-corrected chi connectivity index (χ0v) is 15.5. The molecule has 2 amide bonds. The first-order chi connectivity index (χ1) is 13.4. The Morgan fingerprint density at radius 2 is 2.04 bits per heavy atom. The smallest absolute Gasteiger partial charge is 0.320 e. The molecular weight excluding hydrogens is 363 g/mol. The molecule has 1 fully saturated rings. The highest BCUT2D eigenvalue weighted by Gasteiger charge is 2.18. The minimum absolute atomic E-state index is 0. The van der Waals surface area contributed by atoms with Gasteiger partial charge in [0, 0.05) is 35.3 Å². The number of urea groups is 1. The summed E-state index contributed by atoms with van der Waals surface area (Å²) in [5.74, 6) is 0.233. The van der Waals surface area contributed by atoms with Crippen molar-refractivity contribution in [2.75, 3.05) is 37.4 Å². The molecule has 154 valence electrons. The van der Waals surface area contributed by atoms with Gasteiger partial charge in [0.1, 0.15) is 17.5 Å². The van der Waals surface area contributed by atoms with E-state index in [2.05, 4.69) is 15.6 Å². The number of halogens is 1. The van der Waals surface area contributed by atoms with Crippen molar-refractivity contribution in [1.82, 2.24) is 15.2 Å². The molecule has 1 aliphatic heterocycles. The highest BCUT2D eigenvalue weighted by molar-refractivity contribution is 6.01. The second-order valence-electron chi connectivity index (χ2n) is 6.48. The molecule has 1 aromatic heterocycles. The summed E-state index contributed by atoms with van der Waals surface area (Å²) in [7, 11) is 0. The van der Waals surface area contributed by atoms with Gasteiger partial charge in [-0.05, 0) is 24.6 Å². The number of amides is 2. The fourth-order valence-electron chi connectivity index (χ4n) is 2.88. The van der Waals surface area contributed by atoms with Crippen LogP contribution in [0.3, 0.4) is 0 Å². The number of carbonyl (C=O) groups excluding carboxylic acids is 1. The second-order valence-corrected chi connectivity index (χ2v) is 6.48. The lowest BCUT2D eigenvalue weighted by Gasteiger charge is -2.29. The summed E-state index contributed by atoms with van der Waals surface area (Å²) in [6, 6.07) is 6.66. The molecule has 1 saturated heterocycles. The maximum atomic E-state index is 13.0. The number of morpholine rings is 1. The first-order valence-corrected chi connectivity index (χ1v) is 8.94. The fraction of sp³-hybridized carbons (Fsp3) is 0.316. The predicted octanol–water partition coefficient (Wildman–Crippen LogP) is 3.08. The average molecular weight is 392 g/mol. The number of benzene rings is 1. The molecule has 2 heterocycles. The average Bonchev–Trinajstić information content (AvgIpc) is 2.68. The van der Waals surface area contributed by atoms with Crippen molar-refractivity contribution in [3.8, 4) is 0 Å². The van der Waals surface area contributed by atoms with Crippen LogP contribution in [0.1, 0.15) is 28.4 Å². The monoisotopic (exact) mass is 392 g/mol. The molecule has 2 aromatic rings. The Labute approximate surface area is 166 Å². The number of hydrogen-bond donors (Lipinski definition) is 4. The summed E-state index contributed by atoms with van der Waals surface area (Å²) < 4.78 is 18.3. The molecule has 1 aromatic carbocycles. The van der Waals surface area contributed by atoms with E-state index in [9.17, 15) is 9.18 Å². The summed E-state index contributed by atoms with van der Waals surface area (Å²) in [6.07, 6.45) is 1.48. The van der Waals surface area contributed by atoms with Gasteiger partial charge in [0.2, 0.25) is 0 Å². The van der Waals surface area contributed by atoms with Crippen molar-refractivity contribution in [3.63, 3.8) is 0 Å². The Morgan fingerprint density at radius 1 is 1.36 bits per heavy atom. The van der Waals surface area contributed by atoms with Gasteiger partial charge in [-0.15, -0.1) is 0 Å². The van der Waals surface area contributed by atoms with Crippen LogP contribution in [0.25, 0.3) is 0 Å². The van der Waals surface area contributed by atoms with Crippen molar-refractivity contribution in [2.24, 2.45) is 0 Å². The lowest BCUT2D eigenvalue weighted by Crippen LogP contribution is -2.41. The number of nitrogens with one attached hydrogen (secondary N) is 3. The molecule has 0 bridgehead atoms. The molecule has 5 N–H and O–H groups in total. The highest BCUT2D eigenvalue weighted by Crippen LogP contribution is 2.18. The quantitative estimate of drug-likeness (QED) is 0.471. The maximum Gasteiger partial charge on any atom is 0.320 e. The summed E-state index contributed by atoms with van der Waals surface area (Å²) in [4.78, 5) is 18.3. The first-order valence-electron chi connectivity index (χ1n) is 8.94. The van der Waals surface area contributed by atoms with E-state index in [0.717, 1.165) is 5.56 Å². The van der Waals surface area contributed by atoms with E-state index >= 15 is 0 Å². The van der Waals surface area contributed by atoms with Crippen molar-refractivity contribution < 1.29 is 18.2 Å². The van der Waals surface area contributed by atoms with Crippen LogP contribution in [0.2, 0.25) is 0 Å². The van der Waals surface area contributed by atoms with Crippen LogP contribution < -0.4 is 16.4 Å². The molecular formula is C19H29FN6O2. The third-order valence-corrected chi connectivity index (χ3v) is 4.48. The normalized spacial score (nSPS) is 15.0. The molecule has 0 radical (unpaired) electrons. The molecule has 8 nitrogen and oxygen atoms in total. The summed E-state index contributed by atoms with van der Waals surface area (Å²) >= 11 is 0. The number of pyridine rings is 1. The summed E-state index contributed by atoms with van der Waals surface area (Å²) in [6.45, 7) is 4.19. The molecule has 28 heavy (non-hydrogen) atoms. The topological polar surface area (TPSA) is 116 Å². The van der Waals surface area contributed by atoms with Gasteiger partial charge in [-0.1, -0.05) is 12.1 Å². The molecule has 3 rings (SSSR count). The number of nitrogens with zero attached hydrogens (tertiary/aromatic N) is 2. The van der Waals surface area contributed by atoms with Crippen LogP contribution in [-0.2, 0) is 4.74 Å². The van der Waals surface area contributed by atoms with Crippen molar-refractivity contribution >= 4 is 23.4 Å². The van der Waals surface area contributed by atoms with Gasteiger partial charge in [-0.2, -0.15) is 0 Å². The van der Waals surface area contributed by atoms with Crippen LogP contribution >= 0.6 is 0 Å². The van der Waals surface area contributed by atoms with Gasteiger partial charge in [0.15, 0.2) is 0 Å². The van der Waals surface area contributed by atoms with Crippen molar-refractivity contribution in [3.05, 3.63) is 53.5 Å². The lowest BCUT2D eigenvalue weighted by atomic mass is 10.1. The van der Waals surface area contributed by atoms with Crippen LogP contribution in [0.5, 0.6) is 0 Å². The number of anilines is 2. The Hall–Kier alpha value is -3.20. The summed E-state index contributed by atoms with van der Waals surface area (Å²) in [5.41, 5.74) is 7.70. The van der Waals surface area contributed by atoms with E-state index in [1.165, 1.54) is 24.4 Å². The minimum Gasteiger partial charge on any atom is -0.398 e. The number of nitrogens with two attached hydrogens (primary N) is 1. The number of rotatable bonds is 4. The van der Waals surface area contributed by atoms with E-state index in [1.807, 2.05) is 4.90 Å². The largest absolute Gasteiger partial charge is 0.398 e. The van der Waals surface area contributed by atoms with Crippen LogP contribution in [0, 0.1) is 11.2 Å². The van der Waals surface area contributed by atoms with Gasteiger partial charge in [0.25, 0.3) is 0 Å². The van der Waals surface area contributed by atoms with Crippen molar-refractivity contribution in [1.29, 1.82) is 5.41 Å². The first kappa shape index (κ1) is 19.6. The highest BCUT2D eigenvalue weighted by atomic mass is 19.1. The fourth-order valence-corrected chi connectivity index (χ4v) is 2.88.